The fraction of sp³-hybridized carbons (Fsp3) is 0. The second-order valence-corrected chi connectivity index (χ2v) is 2.82. The van der Waals surface area contributed by atoms with Gasteiger partial charge in [-0.3, -0.25) is 0 Å². The number of hydrogen-bond acceptors (Lipinski definition) is 1. The molecular formula is C6H6FNOS. The molecule has 1 atom stereocenters. The van der Waals surface area contributed by atoms with Gasteiger partial charge in [0, 0.05) is 0 Å². The summed E-state index contributed by atoms with van der Waals surface area (Å²) in [5.41, 5.74) is 0. The molecule has 0 amide bonds. The maximum Gasteiger partial charge on any atom is 0.124 e. The van der Waals surface area contributed by atoms with E-state index in [-0.39, 0.29) is 0 Å². The molecule has 1 aromatic carbocycles. The van der Waals surface area contributed by atoms with E-state index in [2.05, 4.69) is 0 Å². The van der Waals surface area contributed by atoms with Crippen LogP contribution in [0.15, 0.2) is 29.2 Å². The van der Waals surface area contributed by atoms with Gasteiger partial charge >= 0.3 is 0 Å². The first-order valence-corrected chi connectivity index (χ1v) is 3.83. The van der Waals surface area contributed by atoms with Gasteiger partial charge in [-0.1, -0.05) is 6.07 Å². The maximum atomic E-state index is 12.3. The third-order valence-electron chi connectivity index (χ3n) is 1.03. The monoisotopic (exact) mass is 159 g/mol. The Hall–Kier alpha value is -0.740. The predicted molar refractivity (Wildman–Crippen MR) is 37.0 cm³/mol. The Bertz CT molecular complexity index is 264. The summed E-state index contributed by atoms with van der Waals surface area (Å²) >= 11 is 0. The lowest BCUT2D eigenvalue weighted by atomic mass is 10.4. The Balaban J connectivity index is 3.07. The molecule has 2 N–H and O–H groups in total. The molecule has 0 aliphatic rings. The second-order valence-electron chi connectivity index (χ2n) is 1.75. The van der Waals surface area contributed by atoms with Crippen LogP contribution in [0.5, 0.6) is 0 Å². The van der Waals surface area contributed by atoms with Crippen LogP contribution in [-0.2, 0) is 11.0 Å². The molecule has 0 aromatic heterocycles. The van der Waals surface area contributed by atoms with Crippen LogP contribution in [0.1, 0.15) is 0 Å². The van der Waals surface area contributed by atoms with Crippen molar-refractivity contribution in [2.24, 2.45) is 5.14 Å². The van der Waals surface area contributed by atoms with E-state index >= 15 is 0 Å². The summed E-state index contributed by atoms with van der Waals surface area (Å²) < 4.78 is 22.9. The van der Waals surface area contributed by atoms with Crippen LogP contribution in [0.3, 0.4) is 0 Å². The van der Waals surface area contributed by atoms with Gasteiger partial charge < -0.3 is 0 Å². The fourth-order valence-electron chi connectivity index (χ4n) is 0.592. The summed E-state index contributed by atoms with van der Waals surface area (Å²) in [5.74, 6) is -0.420. The summed E-state index contributed by atoms with van der Waals surface area (Å²) in [5, 5.41) is 4.99. The first-order chi connectivity index (χ1) is 4.70. The van der Waals surface area contributed by atoms with Crippen LogP contribution in [0.25, 0.3) is 0 Å². The van der Waals surface area contributed by atoms with E-state index in [1.807, 2.05) is 0 Å². The number of nitrogens with two attached hydrogens (primary N) is 1. The number of halogens is 1. The van der Waals surface area contributed by atoms with Crippen molar-refractivity contribution >= 4 is 11.0 Å². The SMILES string of the molecule is N[S@](=O)c1cccc(F)c1. The number of rotatable bonds is 1. The molecule has 0 spiro atoms. The lowest BCUT2D eigenvalue weighted by molar-refractivity contribution is 0.622. The fourth-order valence-corrected chi connectivity index (χ4v) is 1.03. The van der Waals surface area contributed by atoms with E-state index in [0.717, 1.165) is 6.07 Å². The number of benzene rings is 1. The lowest BCUT2D eigenvalue weighted by Crippen LogP contribution is -2.02. The molecule has 1 aromatic rings. The van der Waals surface area contributed by atoms with E-state index in [9.17, 15) is 8.60 Å². The van der Waals surface area contributed by atoms with Crippen molar-refractivity contribution in [3.63, 3.8) is 0 Å². The Kier molecular flexibility index (Phi) is 2.13. The van der Waals surface area contributed by atoms with E-state index in [0.29, 0.717) is 4.90 Å². The Morgan fingerprint density at radius 1 is 1.50 bits per heavy atom. The van der Waals surface area contributed by atoms with Crippen LogP contribution < -0.4 is 5.14 Å². The normalized spacial score (nSPS) is 13.0. The summed E-state index contributed by atoms with van der Waals surface area (Å²) in [7, 11) is -1.58. The predicted octanol–water partition coefficient (Wildman–Crippen LogP) is 0.807. The molecule has 0 aliphatic carbocycles. The minimum absolute atomic E-state index is 0.306. The van der Waals surface area contributed by atoms with E-state index < -0.39 is 16.8 Å². The van der Waals surface area contributed by atoms with Crippen LogP contribution in [0.4, 0.5) is 4.39 Å². The molecule has 0 saturated heterocycles. The van der Waals surface area contributed by atoms with Gasteiger partial charge in [-0.2, -0.15) is 0 Å². The molecule has 0 saturated carbocycles. The Morgan fingerprint density at radius 2 is 2.20 bits per heavy atom. The van der Waals surface area contributed by atoms with Crippen LogP contribution in [0, 0.1) is 5.82 Å². The average Bonchev–Trinajstić information content (AvgIpc) is 1.88. The summed E-state index contributed by atoms with van der Waals surface area (Å²) in [6.07, 6.45) is 0. The van der Waals surface area contributed by atoms with Crippen LogP contribution >= 0.6 is 0 Å². The highest BCUT2D eigenvalue weighted by atomic mass is 32.2. The van der Waals surface area contributed by atoms with Gasteiger partial charge in [0.2, 0.25) is 0 Å². The molecule has 2 nitrogen and oxygen atoms in total. The summed E-state index contributed by atoms with van der Waals surface area (Å²) in [6, 6.07) is 5.40. The molecule has 0 unspecified atom stereocenters. The number of hydrogen-bond donors (Lipinski definition) is 1. The molecule has 0 fully saturated rings. The van der Waals surface area contributed by atoms with Gasteiger partial charge in [0.1, 0.15) is 16.8 Å². The van der Waals surface area contributed by atoms with Crippen molar-refractivity contribution in [2.45, 2.75) is 4.90 Å². The van der Waals surface area contributed by atoms with Crippen molar-refractivity contribution in [1.29, 1.82) is 0 Å². The molecule has 0 bridgehead atoms. The van der Waals surface area contributed by atoms with E-state index in [4.69, 9.17) is 5.14 Å². The highest BCUT2D eigenvalue weighted by Gasteiger charge is 1.97. The Morgan fingerprint density at radius 3 is 2.60 bits per heavy atom. The van der Waals surface area contributed by atoms with Gasteiger partial charge in [0.05, 0.1) is 4.90 Å². The van der Waals surface area contributed by atoms with Gasteiger partial charge in [-0.05, 0) is 18.2 Å². The molecule has 54 valence electrons. The molecule has 0 heterocycles. The van der Waals surface area contributed by atoms with Crippen molar-refractivity contribution in [3.05, 3.63) is 30.1 Å². The van der Waals surface area contributed by atoms with Crippen molar-refractivity contribution in [3.8, 4) is 0 Å². The molecule has 4 heteroatoms. The second kappa shape index (κ2) is 2.90. The standard InChI is InChI=1S/C6H6FNOS/c7-5-2-1-3-6(4-5)10(8)9/h1-4H,8H2/t10-/m1/s1. The highest BCUT2D eigenvalue weighted by Crippen LogP contribution is 2.04. The van der Waals surface area contributed by atoms with Gasteiger partial charge in [0.25, 0.3) is 0 Å². The van der Waals surface area contributed by atoms with Gasteiger partial charge in [-0.25, -0.2) is 13.7 Å². The smallest absolute Gasteiger partial charge is 0.124 e. The third-order valence-corrected chi connectivity index (χ3v) is 1.75. The highest BCUT2D eigenvalue weighted by molar-refractivity contribution is 7.82. The molecule has 0 aliphatic heterocycles. The zero-order chi connectivity index (χ0) is 7.56. The zero-order valence-corrected chi connectivity index (χ0v) is 5.90. The lowest BCUT2D eigenvalue weighted by Gasteiger charge is -1.93. The minimum Gasteiger partial charge on any atom is -0.248 e. The molecule has 10 heavy (non-hydrogen) atoms. The summed E-state index contributed by atoms with van der Waals surface area (Å²) in [6.45, 7) is 0. The average molecular weight is 159 g/mol. The topological polar surface area (TPSA) is 43.1 Å². The van der Waals surface area contributed by atoms with E-state index in [1.165, 1.54) is 18.2 Å². The van der Waals surface area contributed by atoms with Crippen molar-refractivity contribution < 1.29 is 8.60 Å². The first kappa shape index (κ1) is 7.37. The minimum atomic E-state index is -1.58. The Labute approximate surface area is 60.4 Å². The largest absolute Gasteiger partial charge is 0.248 e. The first-order valence-electron chi connectivity index (χ1n) is 2.62. The van der Waals surface area contributed by atoms with Crippen LogP contribution in [-0.4, -0.2) is 4.21 Å². The maximum absolute atomic E-state index is 12.3. The third kappa shape index (κ3) is 1.62. The summed E-state index contributed by atoms with van der Waals surface area (Å²) in [4.78, 5) is 0.306. The van der Waals surface area contributed by atoms with Gasteiger partial charge in [0.15, 0.2) is 0 Å². The quantitative estimate of drug-likeness (QED) is 0.647. The van der Waals surface area contributed by atoms with Gasteiger partial charge in [-0.15, -0.1) is 0 Å². The van der Waals surface area contributed by atoms with Crippen molar-refractivity contribution in [2.75, 3.05) is 0 Å². The molecule has 1 rings (SSSR count). The zero-order valence-electron chi connectivity index (χ0n) is 5.08. The molecule has 0 radical (unpaired) electrons. The molecular weight excluding hydrogens is 153 g/mol. The van der Waals surface area contributed by atoms with E-state index in [1.54, 1.807) is 0 Å². The van der Waals surface area contributed by atoms with Crippen molar-refractivity contribution in [1.82, 2.24) is 0 Å². The van der Waals surface area contributed by atoms with Crippen LogP contribution in [0.2, 0.25) is 0 Å².